The summed E-state index contributed by atoms with van der Waals surface area (Å²) in [5, 5.41) is 1.78. The molecule has 0 N–H and O–H groups in total. The van der Waals surface area contributed by atoms with Crippen molar-refractivity contribution >= 4 is 27.7 Å². The number of halogens is 1. The van der Waals surface area contributed by atoms with Gasteiger partial charge in [-0.1, -0.05) is 34.1 Å². The van der Waals surface area contributed by atoms with Crippen LogP contribution in [0.3, 0.4) is 0 Å². The second-order valence-corrected chi connectivity index (χ2v) is 3.50. The lowest BCUT2D eigenvalue weighted by Crippen LogP contribution is -2.31. The van der Waals surface area contributed by atoms with E-state index in [1.165, 1.54) is 7.11 Å². The summed E-state index contributed by atoms with van der Waals surface area (Å²) in [6, 6.07) is 7.46. The molecule has 0 atom stereocenters. The third-order valence-electron chi connectivity index (χ3n) is 1.97. The summed E-state index contributed by atoms with van der Waals surface area (Å²) < 4.78 is 4.90. The fourth-order valence-electron chi connectivity index (χ4n) is 1.28. The van der Waals surface area contributed by atoms with E-state index in [4.69, 9.17) is 9.57 Å². The molecule has 0 heterocycles. The Bertz CT molecular complexity index is 357. The van der Waals surface area contributed by atoms with Gasteiger partial charge in [0.25, 0.3) is 0 Å². The lowest BCUT2D eigenvalue weighted by Gasteiger charge is -2.20. The molecule has 1 aromatic carbocycles. The van der Waals surface area contributed by atoms with Crippen LogP contribution in [-0.4, -0.2) is 19.8 Å². The number of anilines is 1. The number of benzene rings is 1. The van der Waals surface area contributed by atoms with Gasteiger partial charge in [0.05, 0.1) is 19.4 Å². The lowest BCUT2D eigenvalue weighted by molar-refractivity contribution is 0.103. The lowest BCUT2D eigenvalue weighted by atomic mass is 10.2. The van der Waals surface area contributed by atoms with Gasteiger partial charge in [-0.2, -0.15) is 5.06 Å². The molecule has 0 aliphatic heterocycles. The van der Waals surface area contributed by atoms with Gasteiger partial charge < -0.3 is 4.74 Å². The summed E-state index contributed by atoms with van der Waals surface area (Å²) in [4.78, 5) is 16.6. The first-order valence-corrected chi connectivity index (χ1v) is 6.01. The quantitative estimate of drug-likeness (QED) is 0.631. The molecule has 0 unspecified atom stereocenters. The first kappa shape index (κ1) is 13.0. The van der Waals surface area contributed by atoms with E-state index in [-0.39, 0.29) is 0 Å². The standard InChI is InChI=1S/C11H14BrNO3/c1-3-16-11(14)13(15-2)10-7-5-4-6-9(10)8-12/h4-7H,3,8H2,1-2H3. The zero-order valence-corrected chi connectivity index (χ0v) is 10.9. The van der Waals surface area contributed by atoms with E-state index < -0.39 is 6.09 Å². The number of amides is 1. The first-order valence-electron chi connectivity index (χ1n) is 4.89. The number of para-hydroxylation sites is 1. The van der Waals surface area contributed by atoms with Crippen molar-refractivity contribution in [1.29, 1.82) is 0 Å². The molecular weight excluding hydrogens is 274 g/mol. The fourth-order valence-corrected chi connectivity index (χ4v) is 1.75. The highest BCUT2D eigenvalue weighted by Gasteiger charge is 2.18. The van der Waals surface area contributed by atoms with Crippen LogP contribution in [0.4, 0.5) is 10.5 Å². The highest BCUT2D eigenvalue weighted by molar-refractivity contribution is 9.08. The second kappa shape index (κ2) is 6.50. The molecule has 0 aromatic heterocycles. The van der Waals surface area contributed by atoms with E-state index in [1.807, 2.05) is 18.2 Å². The maximum atomic E-state index is 11.6. The summed E-state index contributed by atoms with van der Waals surface area (Å²) in [7, 11) is 1.43. The molecule has 4 nitrogen and oxygen atoms in total. The Balaban J connectivity index is 2.98. The molecule has 16 heavy (non-hydrogen) atoms. The third kappa shape index (κ3) is 2.96. The average Bonchev–Trinajstić information content (AvgIpc) is 2.31. The highest BCUT2D eigenvalue weighted by Crippen LogP contribution is 2.23. The molecule has 0 aliphatic carbocycles. The zero-order chi connectivity index (χ0) is 12.0. The van der Waals surface area contributed by atoms with Gasteiger partial charge in [0, 0.05) is 5.33 Å². The van der Waals surface area contributed by atoms with Crippen LogP contribution in [0, 0.1) is 0 Å². The van der Waals surface area contributed by atoms with Crippen molar-refractivity contribution < 1.29 is 14.4 Å². The molecular formula is C11H14BrNO3. The van der Waals surface area contributed by atoms with Crippen molar-refractivity contribution in [3.05, 3.63) is 29.8 Å². The fraction of sp³-hybridized carbons (Fsp3) is 0.364. The normalized spacial score (nSPS) is 9.94. The third-order valence-corrected chi connectivity index (χ3v) is 2.57. The molecule has 0 saturated heterocycles. The van der Waals surface area contributed by atoms with E-state index in [1.54, 1.807) is 13.0 Å². The molecule has 1 aromatic rings. The van der Waals surface area contributed by atoms with Gasteiger partial charge in [-0.05, 0) is 18.6 Å². The van der Waals surface area contributed by atoms with Crippen molar-refractivity contribution in [2.24, 2.45) is 0 Å². The molecule has 0 spiro atoms. The minimum atomic E-state index is -0.515. The van der Waals surface area contributed by atoms with Crippen molar-refractivity contribution in [2.45, 2.75) is 12.3 Å². The van der Waals surface area contributed by atoms with Gasteiger partial charge in [-0.3, -0.25) is 4.84 Å². The molecule has 1 rings (SSSR count). The molecule has 0 aliphatic rings. The Hall–Kier alpha value is -1.07. The van der Waals surface area contributed by atoms with E-state index >= 15 is 0 Å². The van der Waals surface area contributed by atoms with Gasteiger partial charge in [-0.15, -0.1) is 0 Å². The Labute approximate surface area is 103 Å². The number of hydroxylamine groups is 1. The number of ether oxygens (including phenoxy) is 1. The van der Waals surface area contributed by atoms with Gasteiger partial charge in [0.1, 0.15) is 0 Å². The Morgan fingerprint density at radius 1 is 1.44 bits per heavy atom. The molecule has 0 bridgehead atoms. The second-order valence-electron chi connectivity index (χ2n) is 2.94. The van der Waals surface area contributed by atoms with Gasteiger partial charge >= 0.3 is 6.09 Å². The highest BCUT2D eigenvalue weighted by atomic mass is 79.9. The van der Waals surface area contributed by atoms with E-state index in [0.29, 0.717) is 17.6 Å². The SMILES string of the molecule is CCOC(=O)N(OC)c1ccccc1CBr. The van der Waals surface area contributed by atoms with E-state index in [0.717, 1.165) is 10.6 Å². The van der Waals surface area contributed by atoms with Crippen molar-refractivity contribution in [3.8, 4) is 0 Å². The molecule has 88 valence electrons. The summed E-state index contributed by atoms with van der Waals surface area (Å²) in [6.45, 7) is 2.07. The number of carbonyl (C=O) groups is 1. The Morgan fingerprint density at radius 2 is 2.12 bits per heavy atom. The monoisotopic (exact) mass is 287 g/mol. The van der Waals surface area contributed by atoms with Crippen LogP contribution in [0.25, 0.3) is 0 Å². The zero-order valence-electron chi connectivity index (χ0n) is 9.27. The van der Waals surface area contributed by atoms with Crippen LogP contribution in [-0.2, 0) is 14.9 Å². The van der Waals surface area contributed by atoms with Crippen LogP contribution < -0.4 is 5.06 Å². The molecule has 1 amide bonds. The average molecular weight is 288 g/mol. The predicted molar refractivity (Wildman–Crippen MR) is 65.6 cm³/mol. The minimum absolute atomic E-state index is 0.315. The van der Waals surface area contributed by atoms with Crippen molar-refractivity contribution in [3.63, 3.8) is 0 Å². The summed E-state index contributed by atoms with van der Waals surface area (Å²) in [5.41, 5.74) is 1.64. The number of rotatable bonds is 4. The van der Waals surface area contributed by atoms with Crippen molar-refractivity contribution in [2.75, 3.05) is 18.8 Å². The predicted octanol–water partition coefficient (Wildman–Crippen LogP) is 3.11. The number of carbonyl (C=O) groups excluding carboxylic acids is 1. The van der Waals surface area contributed by atoms with Gasteiger partial charge in [-0.25, -0.2) is 4.79 Å². The smallest absolute Gasteiger partial charge is 0.438 e. The number of nitrogens with zero attached hydrogens (tertiary/aromatic N) is 1. The largest absolute Gasteiger partial charge is 0.448 e. The summed E-state index contributed by atoms with van der Waals surface area (Å²) in [6.07, 6.45) is -0.515. The Morgan fingerprint density at radius 3 is 2.69 bits per heavy atom. The van der Waals surface area contributed by atoms with E-state index in [2.05, 4.69) is 15.9 Å². The Kier molecular flexibility index (Phi) is 5.28. The van der Waals surface area contributed by atoms with Crippen molar-refractivity contribution in [1.82, 2.24) is 0 Å². The van der Waals surface area contributed by atoms with Crippen LogP contribution in [0.1, 0.15) is 12.5 Å². The van der Waals surface area contributed by atoms with Crippen LogP contribution in [0.5, 0.6) is 0 Å². The molecule has 0 radical (unpaired) electrons. The maximum absolute atomic E-state index is 11.6. The molecule has 0 saturated carbocycles. The number of alkyl halides is 1. The number of hydrogen-bond acceptors (Lipinski definition) is 3. The molecule has 0 fully saturated rings. The minimum Gasteiger partial charge on any atom is -0.448 e. The molecule has 5 heteroatoms. The van der Waals surface area contributed by atoms with Crippen LogP contribution in [0.15, 0.2) is 24.3 Å². The summed E-state index contributed by atoms with van der Waals surface area (Å²) in [5.74, 6) is 0. The number of hydrogen-bond donors (Lipinski definition) is 0. The summed E-state index contributed by atoms with van der Waals surface area (Å²) >= 11 is 3.36. The van der Waals surface area contributed by atoms with Crippen LogP contribution >= 0.6 is 15.9 Å². The first-order chi connectivity index (χ1) is 7.74. The van der Waals surface area contributed by atoms with Crippen LogP contribution in [0.2, 0.25) is 0 Å². The van der Waals surface area contributed by atoms with Gasteiger partial charge in [0.2, 0.25) is 0 Å². The van der Waals surface area contributed by atoms with Gasteiger partial charge in [0.15, 0.2) is 0 Å². The maximum Gasteiger partial charge on any atom is 0.438 e. The topological polar surface area (TPSA) is 38.8 Å². The van der Waals surface area contributed by atoms with E-state index in [9.17, 15) is 4.79 Å².